The number of hydrogen-bond acceptors (Lipinski definition) is 4. The zero-order chi connectivity index (χ0) is 12.8. The first-order valence-corrected chi connectivity index (χ1v) is 4.82. The Hall–Kier alpha value is -2.37. The van der Waals surface area contributed by atoms with E-state index in [1.165, 1.54) is 31.4 Å². The molecular weight excluding hydrogens is 224 g/mol. The first kappa shape index (κ1) is 12.7. The van der Waals surface area contributed by atoms with Crippen LogP contribution in [0, 0.1) is 10.1 Å². The van der Waals surface area contributed by atoms with Gasteiger partial charge < -0.3 is 10.1 Å². The summed E-state index contributed by atoms with van der Waals surface area (Å²) in [5, 5.41) is 13.3. The Bertz CT molecular complexity index is 457. The number of nitrogens with zero attached hydrogens (tertiary/aromatic N) is 1. The highest BCUT2D eigenvalue weighted by Gasteiger charge is 2.21. The Morgan fingerprint density at radius 1 is 1.65 bits per heavy atom. The van der Waals surface area contributed by atoms with Crippen LogP contribution in [0.5, 0.6) is 5.75 Å². The fraction of sp³-hybridized carbons (Fsp3) is 0.182. The molecule has 90 valence electrons. The normalized spacial score (nSPS) is 9.47. The van der Waals surface area contributed by atoms with Gasteiger partial charge in [-0.1, -0.05) is 12.1 Å². The van der Waals surface area contributed by atoms with E-state index in [9.17, 15) is 14.9 Å². The number of amides is 1. The van der Waals surface area contributed by atoms with Crippen LogP contribution in [0.15, 0.2) is 30.9 Å². The van der Waals surface area contributed by atoms with Gasteiger partial charge in [0.2, 0.25) is 5.75 Å². The zero-order valence-corrected chi connectivity index (χ0v) is 9.30. The third-order valence-electron chi connectivity index (χ3n) is 2.05. The van der Waals surface area contributed by atoms with Gasteiger partial charge in [0.15, 0.2) is 0 Å². The lowest BCUT2D eigenvalue weighted by atomic mass is 10.1. The molecule has 0 unspecified atom stereocenters. The predicted molar refractivity (Wildman–Crippen MR) is 62.2 cm³/mol. The summed E-state index contributed by atoms with van der Waals surface area (Å²) >= 11 is 0. The van der Waals surface area contributed by atoms with E-state index in [0.717, 1.165) is 0 Å². The SMILES string of the molecule is C=CCNC(=O)c1cccc([N+](=O)[O-])c1OC. The standard InChI is InChI=1S/C11H12N2O4/c1-3-7-12-11(14)8-5-4-6-9(13(15)16)10(8)17-2/h3-6H,1,7H2,2H3,(H,12,14). The number of rotatable bonds is 5. The summed E-state index contributed by atoms with van der Waals surface area (Å²) in [6.07, 6.45) is 1.52. The second-order valence-electron chi connectivity index (χ2n) is 3.11. The van der Waals surface area contributed by atoms with Gasteiger partial charge in [0.05, 0.1) is 17.6 Å². The summed E-state index contributed by atoms with van der Waals surface area (Å²) in [5.74, 6) is -0.482. The molecule has 0 fully saturated rings. The fourth-order valence-electron chi connectivity index (χ4n) is 1.32. The number of methoxy groups -OCH3 is 1. The van der Waals surface area contributed by atoms with Crippen molar-refractivity contribution in [3.63, 3.8) is 0 Å². The number of nitrogens with one attached hydrogen (secondary N) is 1. The molecule has 0 aliphatic carbocycles. The van der Waals surface area contributed by atoms with Crippen LogP contribution < -0.4 is 10.1 Å². The van der Waals surface area contributed by atoms with Crippen LogP contribution in [0.25, 0.3) is 0 Å². The van der Waals surface area contributed by atoms with Gasteiger partial charge in [0.1, 0.15) is 0 Å². The van der Waals surface area contributed by atoms with Crippen molar-refractivity contribution in [2.45, 2.75) is 0 Å². The summed E-state index contributed by atoms with van der Waals surface area (Å²) in [7, 11) is 1.28. The summed E-state index contributed by atoms with van der Waals surface area (Å²) in [4.78, 5) is 21.8. The molecule has 6 heteroatoms. The molecule has 1 aromatic rings. The number of nitro groups is 1. The van der Waals surface area contributed by atoms with Gasteiger partial charge >= 0.3 is 5.69 Å². The van der Waals surface area contributed by atoms with Gasteiger partial charge in [-0.2, -0.15) is 0 Å². The molecule has 0 aliphatic heterocycles. The smallest absolute Gasteiger partial charge is 0.311 e. The van der Waals surface area contributed by atoms with Gasteiger partial charge in [-0.05, 0) is 6.07 Å². The lowest BCUT2D eigenvalue weighted by molar-refractivity contribution is -0.385. The van der Waals surface area contributed by atoms with Crippen LogP contribution in [0.3, 0.4) is 0 Å². The minimum Gasteiger partial charge on any atom is -0.490 e. The number of nitro benzene ring substituents is 1. The van der Waals surface area contributed by atoms with Crippen molar-refractivity contribution in [2.24, 2.45) is 0 Å². The molecule has 0 atom stereocenters. The largest absolute Gasteiger partial charge is 0.490 e. The average Bonchev–Trinajstić information content (AvgIpc) is 2.34. The van der Waals surface area contributed by atoms with Crippen molar-refractivity contribution in [3.05, 3.63) is 46.5 Å². The van der Waals surface area contributed by atoms with Crippen LogP contribution in [0.1, 0.15) is 10.4 Å². The second-order valence-corrected chi connectivity index (χ2v) is 3.11. The molecular formula is C11H12N2O4. The van der Waals surface area contributed by atoms with Crippen molar-refractivity contribution in [1.82, 2.24) is 5.32 Å². The Labute approximate surface area is 98.0 Å². The van der Waals surface area contributed by atoms with Gasteiger partial charge in [-0.25, -0.2) is 0 Å². The number of hydrogen-bond donors (Lipinski definition) is 1. The quantitative estimate of drug-likeness (QED) is 0.477. The summed E-state index contributed by atoms with van der Waals surface area (Å²) in [6.45, 7) is 3.74. The molecule has 6 nitrogen and oxygen atoms in total. The van der Waals surface area contributed by atoms with Crippen LogP contribution >= 0.6 is 0 Å². The number of para-hydroxylation sites is 1. The third kappa shape index (κ3) is 2.81. The molecule has 17 heavy (non-hydrogen) atoms. The van der Waals surface area contributed by atoms with Gasteiger partial charge in [0.25, 0.3) is 5.91 Å². The Morgan fingerprint density at radius 2 is 2.35 bits per heavy atom. The molecule has 0 aliphatic rings. The van der Waals surface area contributed by atoms with E-state index in [0.29, 0.717) is 0 Å². The van der Waals surface area contributed by atoms with Gasteiger partial charge in [-0.15, -0.1) is 6.58 Å². The average molecular weight is 236 g/mol. The maximum atomic E-state index is 11.7. The second kappa shape index (κ2) is 5.64. The number of ether oxygens (including phenoxy) is 1. The topological polar surface area (TPSA) is 81.5 Å². The molecule has 0 saturated heterocycles. The zero-order valence-electron chi connectivity index (χ0n) is 9.30. The Morgan fingerprint density at radius 3 is 2.88 bits per heavy atom. The van der Waals surface area contributed by atoms with E-state index in [4.69, 9.17) is 4.74 Å². The molecule has 0 bridgehead atoms. The minimum absolute atomic E-state index is 0.0425. The highest BCUT2D eigenvalue weighted by atomic mass is 16.6. The van der Waals surface area contributed by atoms with E-state index in [1.807, 2.05) is 0 Å². The lowest BCUT2D eigenvalue weighted by Crippen LogP contribution is -2.23. The van der Waals surface area contributed by atoms with Crippen molar-refractivity contribution >= 4 is 11.6 Å². The molecule has 1 N–H and O–H groups in total. The molecule has 0 saturated carbocycles. The fourth-order valence-corrected chi connectivity index (χ4v) is 1.32. The Kier molecular flexibility index (Phi) is 4.21. The van der Waals surface area contributed by atoms with Crippen molar-refractivity contribution in [1.29, 1.82) is 0 Å². The van der Waals surface area contributed by atoms with Crippen LogP contribution in [0.4, 0.5) is 5.69 Å². The molecule has 0 aromatic heterocycles. The lowest BCUT2D eigenvalue weighted by Gasteiger charge is -2.08. The van der Waals surface area contributed by atoms with Crippen molar-refractivity contribution in [2.75, 3.05) is 13.7 Å². The van der Waals surface area contributed by atoms with Gasteiger partial charge in [0, 0.05) is 12.6 Å². The van der Waals surface area contributed by atoms with E-state index in [2.05, 4.69) is 11.9 Å². The first-order chi connectivity index (χ1) is 8.11. The van der Waals surface area contributed by atoms with Crippen LogP contribution in [-0.4, -0.2) is 24.5 Å². The molecule has 0 spiro atoms. The number of carbonyl (C=O) groups is 1. The number of carbonyl (C=O) groups excluding carboxylic acids is 1. The highest BCUT2D eigenvalue weighted by Crippen LogP contribution is 2.30. The Balaban J connectivity index is 3.15. The first-order valence-electron chi connectivity index (χ1n) is 4.82. The minimum atomic E-state index is -0.594. The van der Waals surface area contributed by atoms with E-state index in [1.54, 1.807) is 0 Å². The maximum absolute atomic E-state index is 11.7. The van der Waals surface area contributed by atoms with Crippen molar-refractivity contribution in [3.8, 4) is 5.75 Å². The molecule has 1 aromatic carbocycles. The number of benzene rings is 1. The van der Waals surface area contributed by atoms with Crippen LogP contribution in [0.2, 0.25) is 0 Å². The molecule has 1 rings (SSSR count). The summed E-state index contributed by atoms with van der Waals surface area (Å²) in [6, 6.07) is 4.18. The van der Waals surface area contributed by atoms with E-state index >= 15 is 0 Å². The maximum Gasteiger partial charge on any atom is 0.311 e. The third-order valence-corrected chi connectivity index (χ3v) is 2.05. The van der Waals surface area contributed by atoms with Gasteiger partial charge in [-0.3, -0.25) is 14.9 Å². The molecule has 0 heterocycles. The van der Waals surface area contributed by atoms with Crippen molar-refractivity contribution < 1.29 is 14.5 Å². The summed E-state index contributed by atoms with van der Waals surface area (Å²) < 4.78 is 4.91. The highest BCUT2D eigenvalue weighted by molar-refractivity contribution is 5.98. The summed E-state index contributed by atoms with van der Waals surface area (Å²) in [5.41, 5.74) is -0.109. The van der Waals surface area contributed by atoms with E-state index < -0.39 is 10.8 Å². The monoisotopic (exact) mass is 236 g/mol. The molecule has 0 radical (unpaired) electrons. The molecule has 1 amide bonds. The van der Waals surface area contributed by atoms with E-state index in [-0.39, 0.29) is 23.5 Å². The predicted octanol–water partition coefficient (Wildman–Crippen LogP) is 1.52. The van der Waals surface area contributed by atoms with Crippen LogP contribution in [-0.2, 0) is 0 Å².